The molecule has 1 aromatic heterocycles. The zero-order chi connectivity index (χ0) is 23.4. The molecule has 6 heteroatoms. The molecule has 2 N–H and O–H groups in total. The Morgan fingerprint density at radius 2 is 1.55 bits per heavy atom. The molecule has 3 aromatic rings. The van der Waals surface area contributed by atoms with Gasteiger partial charge < -0.3 is 19.7 Å². The van der Waals surface area contributed by atoms with E-state index in [0.717, 1.165) is 17.5 Å². The first-order valence-corrected chi connectivity index (χ1v) is 11.7. The van der Waals surface area contributed by atoms with Crippen molar-refractivity contribution in [1.82, 2.24) is 9.97 Å². The standard InChI is InChI=1S/C27H34N2O4/c1-2-3-4-6-12-23-19-28-26(29-20-23)24-13-15-25(16-14-24)32-18-9-17-27(30,31)33-21-22-10-7-5-8-11-22/h5,7-8,10-11,13-16,19-20,30-31H,2-4,6,9,12,17-18,21H2,1H3. The highest BCUT2D eigenvalue weighted by molar-refractivity contribution is 5.55. The predicted molar refractivity (Wildman–Crippen MR) is 128 cm³/mol. The van der Waals surface area contributed by atoms with Gasteiger partial charge in [-0.15, -0.1) is 0 Å². The van der Waals surface area contributed by atoms with Gasteiger partial charge in [0.2, 0.25) is 0 Å². The average Bonchev–Trinajstić information content (AvgIpc) is 2.85. The molecular weight excluding hydrogens is 416 g/mol. The summed E-state index contributed by atoms with van der Waals surface area (Å²) in [6.45, 7) is 2.70. The average molecular weight is 451 g/mol. The number of nitrogens with zero attached hydrogens (tertiary/aromatic N) is 2. The van der Waals surface area contributed by atoms with Gasteiger partial charge >= 0.3 is 0 Å². The van der Waals surface area contributed by atoms with Crippen molar-refractivity contribution < 1.29 is 19.7 Å². The van der Waals surface area contributed by atoms with E-state index in [1.165, 1.54) is 31.2 Å². The van der Waals surface area contributed by atoms with Crippen molar-refractivity contribution >= 4 is 0 Å². The molecule has 176 valence electrons. The van der Waals surface area contributed by atoms with Crippen LogP contribution in [-0.4, -0.2) is 32.8 Å². The zero-order valence-corrected chi connectivity index (χ0v) is 19.3. The van der Waals surface area contributed by atoms with Crippen LogP contribution in [0.1, 0.15) is 56.6 Å². The molecule has 33 heavy (non-hydrogen) atoms. The van der Waals surface area contributed by atoms with Crippen LogP contribution in [-0.2, 0) is 17.8 Å². The van der Waals surface area contributed by atoms with E-state index in [-0.39, 0.29) is 13.0 Å². The van der Waals surface area contributed by atoms with E-state index < -0.39 is 5.97 Å². The van der Waals surface area contributed by atoms with Gasteiger partial charge in [0.05, 0.1) is 13.2 Å². The predicted octanol–water partition coefficient (Wildman–Crippen LogP) is 5.28. The first-order valence-electron chi connectivity index (χ1n) is 11.7. The Morgan fingerprint density at radius 3 is 2.24 bits per heavy atom. The zero-order valence-electron chi connectivity index (χ0n) is 19.3. The summed E-state index contributed by atoms with van der Waals surface area (Å²) >= 11 is 0. The first-order chi connectivity index (χ1) is 16.1. The van der Waals surface area contributed by atoms with Crippen molar-refractivity contribution in [2.45, 2.75) is 64.4 Å². The van der Waals surface area contributed by atoms with E-state index in [1.54, 1.807) is 0 Å². The molecule has 6 nitrogen and oxygen atoms in total. The Kier molecular flexibility index (Phi) is 9.81. The first kappa shape index (κ1) is 24.8. The molecule has 0 saturated heterocycles. The molecule has 0 aliphatic heterocycles. The minimum atomic E-state index is -2.18. The SMILES string of the molecule is CCCCCCc1cnc(-c2ccc(OCCCC(O)(O)OCc3ccccc3)cc2)nc1. The maximum Gasteiger partial charge on any atom is 0.278 e. The van der Waals surface area contributed by atoms with Crippen molar-refractivity contribution in [3.63, 3.8) is 0 Å². The van der Waals surface area contributed by atoms with Crippen molar-refractivity contribution in [2.24, 2.45) is 0 Å². The monoisotopic (exact) mass is 450 g/mol. The molecule has 1 heterocycles. The largest absolute Gasteiger partial charge is 0.494 e. The Labute approximate surface area is 196 Å². The fourth-order valence-electron chi connectivity index (χ4n) is 3.43. The van der Waals surface area contributed by atoms with Gasteiger partial charge in [-0.25, -0.2) is 9.97 Å². The van der Waals surface area contributed by atoms with Crippen molar-refractivity contribution in [2.75, 3.05) is 6.61 Å². The van der Waals surface area contributed by atoms with Crippen LogP contribution < -0.4 is 4.74 Å². The van der Waals surface area contributed by atoms with E-state index in [1.807, 2.05) is 67.0 Å². The molecule has 0 unspecified atom stereocenters. The number of rotatable bonds is 14. The van der Waals surface area contributed by atoms with E-state index in [2.05, 4.69) is 16.9 Å². The number of aryl methyl sites for hydroxylation is 1. The quantitative estimate of drug-likeness (QED) is 0.257. The third-order valence-corrected chi connectivity index (χ3v) is 5.37. The van der Waals surface area contributed by atoms with Crippen LogP contribution in [0.3, 0.4) is 0 Å². The van der Waals surface area contributed by atoms with E-state index in [4.69, 9.17) is 9.47 Å². The normalized spacial score (nSPS) is 11.5. The van der Waals surface area contributed by atoms with Crippen molar-refractivity contribution in [3.05, 3.63) is 78.1 Å². The summed E-state index contributed by atoms with van der Waals surface area (Å²) in [5.74, 6) is -0.777. The number of aliphatic hydroxyl groups is 2. The summed E-state index contributed by atoms with van der Waals surface area (Å²) in [6, 6.07) is 17.0. The van der Waals surface area contributed by atoms with Crippen LogP contribution in [0.25, 0.3) is 11.4 Å². The summed E-state index contributed by atoms with van der Waals surface area (Å²) in [5, 5.41) is 20.0. The molecule has 2 aromatic carbocycles. The van der Waals surface area contributed by atoms with E-state index in [9.17, 15) is 10.2 Å². The number of ether oxygens (including phenoxy) is 2. The van der Waals surface area contributed by atoms with Crippen LogP contribution in [0.4, 0.5) is 0 Å². The lowest BCUT2D eigenvalue weighted by molar-refractivity contribution is -0.346. The van der Waals surface area contributed by atoms with Gasteiger partial charge in [0.25, 0.3) is 5.97 Å². The third kappa shape index (κ3) is 8.92. The second kappa shape index (κ2) is 13.0. The van der Waals surface area contributed by atoms with Crippen molar-refractivity contribution in [3.8, 4) is 17.1 Å². The summed E-state index contributed by atoms with van der Waals surface area (Å²) in [6.07, 6.45) is 10.3. The van der Waals surface area contributed by atoms with Crippen LogP contribution in [0, 0.1) is 0 Å². The maximum atomic E-state index is 9.99. The smallest absolute Gasteiger partial charge is 0.278 e. The van der Waals surface area contributed by atoms with Crippen molar-refractivity contribution in [1.29, 1.82) is 0 Å². The molecule has 0 radical (unpaired) electrons. The maximum absolute atomic E-state index is 9.99. The minimum absolute atomic E-state index is 0.0521. The molecule has 0 atom stereocenters. The fourth-order valence-corrected chi connectivity index (χ4v) is 3.43. The molecule has 0 aliphatic carbocycles. The van der Waals surface area contributed by atoms with Gasteiger partial charge in [0.1, 0.15) is 5.75 Å². The number of aromatic nitrogens is 2. The summed E-state index contributed by atoms with van der Waals surface area (Å²) in [7, 11) is 0. The Bertz CT molecular complexity index is 929. The lowest BCUT2D eigenvalue weighted by Gasteiger charge is -2.22. The summed E-state index contributed by atoms with van der Waals surface area (Å²) < 4.78 is 10.9. The number of hydrogen-bond donors (Lipinski definition) is 2. The highest BCUT2D eigenvalue weighted by Crippen LogP contribution is 2.21. The minimum Gasteiger partial charge on any atom is -0.494 e. The van der Waals surface area contributed by atoms with Gasteiger partial charge in [-0.3, -0.25) is 0 Å². The molecule has 0 aliphatic rings. The summed E-state index contributed by atoms with van der Waals surface area (Å²) in [5.41, 5.74) is 2.98. The molecule has 3 rings (SSSR count). The molecule has 0 spiro atoms. The molecule has 0 bridgehead atoms. The van der Waals surface area contributed by atoms with Crippen LogP contribution in [0.2, 0.25) is 0 Å². The van der Waals surface area contributed by atoms with Gasteiger partial charge in [0, 0.05) is 24.4 Å². The summed E-state index contributed by atoms with van der Waals surface area (Å²) in [4.78, 5) is 9.00. The molecule has 0 amide bonds. The van der Waals surface area contributed by atoms with Crippen LogP contribution in [0.15, 0.2) is 67.0 Å². The third-order valence-electron chi connectivity index (χ3n) is 5.37. The molecule has 0 fully saturated rings. The van der Waals surface area contributed by atoms with Crippen LogP contribution in [0.5, 0.6) is 5.75 Å². The van der Waals surface area contributed by atoms with Crippen LogP contribution >= 0.6 is 0 Å². The lowest BCUT2D eigenvalue weighted by atomic mass is 10.1. The number of hydrogen-bond acceptors (Lipinski definition) is 6. The Morgan fingerprint density at radius 1 is 0.818 bits per heavy atom. The highest BCUT2D eigenvalue weighted by atomic mass is 16.8. The Balaban J connectivity index is 1.38. The molecular formula is C27H34N2O4. The number of unbranched alkanes of at least 4 members (excludes halogenated alkanes) is 3. The van der Waals surface area contributed by atoms with E-state index >= 15 is 0 Å². The molecule has 0 saturated carbocycles. The second-order valence-electron chi connectivity index (χ2n) is 8.22. The fraction of sp³-hybridized carbons (Fsp3) is 0.407. The number of benzene rings is 2. The highest BCUT2D eigenvalue weighted by Gasteiger charge is 2.23. The Hall–Kier alpha value is -2.80. The van der Waals surface area contributed by atoms with E-state index in [0.29, 0.717) is 24.6 Å². The van der Waals surface area contributed by atoms with Gasteiger partial charge in [-0.05, 0) is 54.7 Å². The lowest BCUT2D eigenvalue weighted by Crippen LogP contribution is -2.32. The van der Waals surface area contributed by atoms with Gasteiger partial charge in [0.15, 0.2) is 5.82 Å². The topological polar surface area (TPSA) is 84.7 Å². The van der Waals surface area contributed by atoms with Gasteiger partial charge in [-0.1, -0.05) is 56.5 Å². The van der Waals surface area contributed by atoms with Gasteiger partial charge in [-0.2, -0.15) is 0 Å². The second-order valence-corrected chi connectivity index (χ2v) is 8.22.